The Morgan fingerprint density at radius 3 is 2.26 bits per heavy atom. The zero-order valence-electron chi connectivity index (χ0n) is 18.7. The summed E-state index contributed by atoms with van der Waals surface area (Å²) in [7, 11) is 0. The van der Waals surface area contributed by atoms with Gasteiger partial charge < -0.3 is 5.32 Å². The van der Waals surface area contributed by atoms with Crippen LogP contribution in [0.25, 0.3) is 33.3 Å². The number of nitrogens with zero attached hydrogens (tertiary/aromatic N) is 4. The monoisotopic (exact) mass is 471 g/mol. The van der Waals surface area contributed by atoms with Gasteiger partial charge >= 0.3 is 6.18 Å². The van der Waals surface area contributed by atoms with E-state index in [0.29, 0.717) is 23.5 Å². The second-order valence-corrected chi connectivity index (χ2v) is 8.09. The molecule has 0 aliphatic heterocycles. The molecule has 8 heteroatoms. The van der Waals surface area contributed by atoms with Gasteiger partial charge in [0.05, 0.1) is 11.2 Å². The van der Waals surface area contributed by atoms with Crippen molar-refractivity contribution in [3.8, 4) is 22.4 Å². The van der Waals surface area contributed by atoms with Gasteiger partial charge in [-0.05, 0) is 66.1 Å². The lowest BCUT2D eigenvalue weighted by Crippen LogP contribution is -2.07. The second-order valence-electron chi connectivity index (χ2n) is 8.09. The van der Waals surface area contributed by atoms with E-state index < -0.39 is 11.9 Å². The first-order chi connectivity index (χ1) is 16.9. The fraction of sp³-hybridized carbons (Fsp3) is 0.111. The van der Waals surface area contributed by atoms with Crippen molar-refractivity contribution >= 4 is 16.7 Å². The van der Waals surface area contributed by atoms with E-state index in [1.807, 2.05) is 49.4 Å². The van der Waals surface area contributed by atoms with E-state index in [9.17, 15) is 13.2 Å². The number of rotatable bonds is 5. The van der Waals surface area contributed by atoms with Crippen LogP contribution in [0.4, 0.5) is 19.0 Å². The van der Waals surface area contributed by atoms with Crippen LogP contribution >= 0.6 is 0 Å². The van der Waals surface area contributed by atoms with Crippen molar-refractivity contribution in [3.05, 3.63) is 102 Å². The van der Waals surface area contributed by atoms with Gasteiger partial charge in [-0.25, -0.2) is 9.97 Å². The first kappa shape index (κ1) is 22.5. The number of anilines is 1. The maximum Gasteiger partial charge on any atom is 0.433 e. The topological polar surface area (TPSA) is 63.6 Å². The molecule has 0 unspecified atom stereocenters. The number of aromatic nitrogens is 4. The van der Waals surface area contributed by atoms with Gasteiger partial charge in [0.2, 0.25) is 0 Å². The number of hydrogen-bond acceptors (Lipinski definition) is 5. The highest BCUT2D eigenvalue weighted by Crippen LogP contribution is 2.31. The molecule has 0 bridgehead atoms. The lowest BCUT2D eigenvalue weighted by atomic mass is 10.0. The predicted molar refractivity (Wildman–Crippen MR) is 130 cm³/mol. The normalized spacial score (nSPS) is 11.5. The van der Waals surface area contributed by atoms with Crippen LogP contribution in [-0.4, -0.2) is 19.9 Å². The van der Waals surface area contributed by atoms with Gasteiger partial charge in [-0.1, -0.05) is 24.3 Å². The molecule has 5 rings (SSSR count). The minimum atomic E-state index is -4.47. The summed E-state index contributed by atoms with van der Waals surface area (Å²) in [6.45, 7) is 2.45. The number of nitrogens with one attached hydrogen (secondary N) is 1. The van der Waals surface area contributed by atoms with Crippen molar-refractivity contribution in [2.24, 2.45) is 0 Å². The average molecular weight is 471 g/mol. The third kappa shape index (κ3) is 4.96. The van der Waals surface area contributed by atoms with Crippen molar-refractivity contribution in [3.63, 3.8) is 0 Å². The fourth-order valence-corrected chi connectivity index (χ4v) is 3.83. The zero-order valence-corrected chi connectivity index (χ0v) is 18.7. The summed E-state index contributed by atoms with van der Waals surface area (Å²) in [4.78, 5) is 16.9. The number of aryl methyl sites for hydroxylation is 1. The van der Waals surface area contributed by atoms with Crippen LogP contribution in [0.15, 0.2) is 85.3 Å². The van der Waals surface area contributed by atoms with Crippen molar-refractivity contribution in [2.45, 2.75) is 19.6 Å². The van der Waals surface area contributed by atoms with Crippen molar-refractivity contribution in [1.29, 1.82) is 0 Å². The molecule has 4 heterocycles. The summed E-state index contributed by atoms with van der Waals surface area (Å²) in [5.74, 6) is 0.709. The molecule has 0 atom stereocenters. The third-order valence-electron chi connectivity index (χ3n) is 5.61. The van der Waals surface area contributed by atoms with Crippen LogP contribution in [0.1, 0.15) is 17.0 Å². The Labute approximate surface area is 199 Å². The summed E-state index contributed by atoms with van der Waals surface area (Å²) in [6.07, 6.45) is 0.183. The van der Waals surface area contributed by atoms with Crippen LogP contribution in [0.3, 0.4) is 0 Å². The molecular weight excluding hydrogens is 451 g/mol. The maximum absolute atomic E-state index is 13.0. The number of hydrogen-bond donors (Lipinski definition) is 1. The van der Waals surface area contributed by atoms with Crippen molar-refractivity contribution < 1.29 is 13.2 Å². The number of fused-ring (bicyclic) bond motifs is 1. The van der Waals surface area contributed by atoms with Gasteiger partial charge in [0, 0.05) is 41.8 Å². The first-order valence-corrected chi connectivity index (χ1v) is 10.9. The minimum absolute atomic E-state index is 0.467. The molecule has 0 aliphatic rings. The summed E-state index contributed by atoms with van der Waals surface area (Å²) in [5, 5.41) is 4.24. The highest BCUT2D eigenvalue weighted by molar-refractivity contribution is 5.90. The maximum atomic E-state index is 13.0. The van der Waals surface area contributed by atoms with Crippen LogP contribution in [0.2, 0.25) is 0 Å². The van der Waals surface area contributed by atoms with Crippen molar-refractivity contribution in [2.75, 3.05) is 5.32 Å². The lowest BCUT2D eigenvalue weighted by molar-refractivity contribution is -0.141. The Kier molecular flexibility index (Phi) is 5.86. The molecule has 35 heavy (non-hydrogen) atoms. The summed E-state index contributed by atoms with van der Waals surface area (Å²) >= 11 is 0. The first-order valence-electron chi connectivity index (χ1n) is 10.9. The van der Waals surface area contributed by atoms with Crippen LogP contribution in [-0.2, 0) is 12.7 Å². The van der Waals surface area contributed by atoms with Gasteiger partial charge in [0.1, 0.15) is 11.5 Å². The van der Waals surface area contributed by atoms with Gasteiger partial charge in [-0.3, -0.25) is 9.97 Å². The summed E-state index contributed by atoms with van der Waals surface area (Å²) in [5.41, 5.74) is 4.83. The largest absolute Gasteiger partial charge is 0.433 e. The van der Waals surface area contributed by atoms with Crippen LogP contribution < -0.4 is 5.32 Å². The number of halogens is 3. The second kappa shape index (κ2) is 9.13. The van der Waals surface area contributed by atoms with E-state index in [0.717, 1.165) is 39.5 Å². The highest BCUT2D eigenvalue weighted by Gasteiger charge is 2.32. The number of benzene rings is 1. The molecule has 5 aromatic rings. The molecule has 0 fully saturated rings. The molecule has 1 N–H and O–H groups in total. The Morgan fingerprint density at radius 2 is 1.49 bits per heavy atom. The van der Waals surface area contributed by atoms with Crippen LogP contribution in [0, 0.1) is 6.92 Å². The molecule has 0 amide bonds. The predicted octanol–water partition coefficient (Wildman–Crippen LogP) is 6.69. The Morgan fingerprint density at radius 1 is 0.743 bits per heavy atom. The third-order valence-corrected chi connectivity index (χ3v) is 5.61. The Balaban J connectivity index is 1.33. The van der Waals surface area contributed by atoms with Gasteiger partial charge in [0.25, 0.3) is 0 Å². The van der Waals surface area contributed by atoms with E-state index in [4.69, 9.17) is 4.98 Å². The minimum Gasteiger partial charge on any atom is -0.365 e. The lowest BCUT2D eigenvalue weighted by Gasteiger charge is -2.11. The van der Waals surface area contributed by atoms with Gasteiger partial charge in [-0.15, -0.1) is 0 Å². The molecular formula is C27H20F3N5. The molecule has 5 nitrogen and oxygen atoms in total. The van der Waals surface area contributed by atoms with Gasteiger partial charge in [-0.2, -0.15) is 13.2 Å². The molecule has 0 aliphatic carbocycles. The Bertz CT molecular complexity index is 1500. The van der Waals surface area contributed by atoms with Gasteiger partial charge in [0.15, 0.2) is 0 Å². The fourth-order valence-electron chi connectivity index (χ4n) is 3.83. The molecule has 4 aromatic heterocycles. The molecule has 0 spiro atoms. The van der Waals surface area contributed by atoms with Crippen LogP contribution in [0.5, 0.6) is 0 Å². The number of pyridine rings is 4. The molecule has 0 saturated carbocycles. The average Bonchev–Trinajstić information content (AvgIpc) is 2.87. The standard InChI is InChI=1S/C27H20F3N5/c1-17-14-21(9-11-31-17)23-7-6-22-24(35-23)10-13-33-26(22)34-16-18-2-4-19(5-3-18)20-8-12-32-25(15-20)27(28,29)30/h2-15H,16H2,1H3,(H,33,34). The Hall–Kier alpha value is -4.33. The van der Waals surface area contributed by atoms with E-state index in [2.05, 4.69) is 20.3 Å². The molecule has 1 aromatic carbocycles. The smallest absolute Gasteiger partial charge is 0.365 e. The molecule has 0 saturated heterocycles. The van der Waals surface area contributed by atoms with E-state index >= 15 is 0 Å². The van der Waals surface area contributed by atoms with E-state index in [1.165, 1.54) is 6.20 Å². The zero-order chi connectivity index (χ0) is 24.4. The van der Waals surface area contributed by atoms with E-state index in [1.54, 1.807) is 30.6 Å². The summed E-state index contributed by atoms with van der Waals surface area (Å²) in [6, 6.07) is 19.7. The quantitative estimate of drug-likeness (QED) is 0.309. The SMILES string of the molecule is Cc1cc(-c2ccc3c(NCc4ccc(-c5ccnc(C(F)(F)F)c5)cc4)nccc3n2)ccn1. The molecule has 0 radical (unpaired) electrons. The molecule has 174 valence electrons. The number of alkyl halides is 3. The van der Waals surface area contributed by atoms with E-state index in [-0.39, 0.29) is 0 Å². The van der Waals surface area contributed by atoms with Crippen molar-refractivity contribution in [1.82, 2.24) is 19.9 Å². The highest BCUT2D eigenvalue weighted by atomic mass is 19.4. The summed E-state index contributed by atoms with van der Waals surface area (Å²) < 4.78 is 38.9.